The highest BCUT2D eigenvalue weighted by atomic mass is 32.2. The zero-order valence-corrected chi connectivity index (χ0v) is 18.4. The van der Waals surface area contributed by atoms with Gasteiger partial charge in [0.1, 0.15) is 0 Å². The third kappa shape index (κ3) is 6.52. The number of nitrogens with one attached hydrogen (secondary N) is 1. The molecule has 0 unspecified atom stereocenters. The van der Waals surface area contributed by atoms with E-state index < -0.39 is 10.0 Å². The third-order valence-corrected chi connectivity index (χ3v) is 6.90. The number of nitrogens with zero attached hydrogens (tertiary/aromatic N) is 3. The standard InChI is InChI=1S/C20H32N4O4S/c1-4-23(5-2)20(26)16-22(3)15-19(25)21-17-10-9-11-18(14-17)29(27,28)24-12-7-6-8-13-24/h9-11,14H,4-8,12-13,15-16H2,1-3H3,(H,21,25). The molecule has 1 saturated heterocycles. The first-order chi connectivity index (χ1) is 13.8. The fourth-order valence-electron chi connectivity index (χ4n) is 3.40. The summed E-state index contributed by atoms with van der Waals surface area (Å²) in [5.41, 5.74) is 0.427. The molecule has 2 rings (SSSR count). The van der Waals surface area contributed by atoms with Crippen LogP contribution in [0.5, 0.6) is 0 Å². The van der Waals surface area contributed by atoms with Crippen molar-refractivity contribution in [3.63, 3.8) is 0 Å². The van der Waals surface area contributed by atoms with Crippen molar-refractivity contribution in [2.24, 2.45) is 0 Å². The predicted molar refractivity (Wildman–Crippen MR) is 113 cm³/mol. The molecule has 0 aromatic heterocycles. The summed E-state index contributed by atoms with van der Waals surface area (Å²) < 4.78 is 27.1. The van der Waals surface area contributed by atoms with Gasteiger partial charge in [-0.1, -0.05) is 12.5 Å². The van der Waals surface area contributed by atoms with Crippen molar-refractivity contribution in [2.45, 2.75) is 38.0 Å². The number of carbonyl (C=O) groups excluding carboxylic acids is 2. The fraction of sp³-hybridized carbons (Fsp3) is 0.600. The monoisotopic (exact) mass is 424 g/mol. The molecule has 162 valence electrons. The number of hydrogen-bond donors (Lipinski definition) is 1. The quantitative estimate of drug-likeness (QED) is 0.650. The molecular formula is C20H32N4O4S. The Morgan fingerprint density at radius 3 is 2.34 bits per heavy atom. The second kappa shape index (κ2) is 10.7. The van der Waals surface area contributed by atoms with Gasteiger partial charge in [0.15, 0.2) is 0 Å². The number of rotatable bonds is 9. The lowest BCUT2D eigenvalue weighted by molar-refractivity contribution is -0.132. The van der Waals surface area contributed by atoms with E-state index in [9.17, 15) is 18.0 Å². The van der Waals surface area contributed by atoms with Gasteiger partial charge < -0.3 is 10.2 Å². The molecule has 0 atom stereocenters. The van der Waals surface area contributed by atoms with E-state index in [0.717, 1.165) is 19.3 Å². The first kappa shape index (κ1) is 23.3. The average molecular weight is 425 g/mol. The fourth-order valence-corrected chi connectivity index (χ4v) is 4.96. The third-order valence-electron chi connectivity index (χ3n) is 5.01. The van der Waals surface area contributed by atoms with Gasteiger partial charge in [-0.2, -0.15) is 4.31 Å². The minimum atomic E-state index is -3.55. The lowest BCUT2D eigenvalue weighted by Crippen LogP contribution is -2.41. The van der Waals surface area contributed by atoms with Gasteiger partial charge in [0.05, 0.1) is 18.0 Å². The number of sulfonamides is 1. The summed E-state index contributed by atoms with van der Waals surface area (Å²) in [5.74, 6) is -0.327. The van der Waals surface area contributed by atoms with Crippen molar-refractivity contribution in [1.82, 2.24) is 14.1 Å². The van der Waals surface area contributed by atoms with Crippen LogP contribution in [-0.4, -0.2) is 80.7 Å². The summed E-state index contributed by atoms with van der Waals surface area (Å²) in [4.78, 5) is 28.0. The summed E-state index contributed by atoms with van der Waals surface area (Å²) >= 11 is 0. The molecule has 1 aliphatic heterocycles. The van der Waals surface area contributed by atoms with E-state index in [-0.39, 0.29) is 29.8 Å². The van der Waals surface area contributed by atoms with Gasteiger partial charge in [0.25, 0.3) is 0 Å². The van der Waals surface area contributed by atoms with E-state index in [1.165, 1.54) is 10.4 Å². The molecule has 1 N–H and O–H groups in total. The van der Waals surface area contributed by atoms with Gasteiger partial charge in [0.2, 0.25) is 21.8 Å². The lowest BCUT2D eigenvalue weighted by atomic mass is 10.2. The van der Waals surface area contributed by atoms with Crippen molar-refractivity contribution >= 4 is 27.5 Å². The molecule has 8 nitrogen and oxygen atoms in total. The van der Waals surface area contributed by atoms with Crippen LogP contribution in [0, 0.1) is 0 Å². The van der Waals surface area contributed by atoms with Gasteiger partial charge in [-0.25, -0.2) is 8.42 Å². The van der Waals surface area contributed by atoms with Crippen LogP contribution < -0.4 is 5.32 Å². The Hall–Kier alpha value is -1.97. The molecule has 1 fully saturated rings. The summed E-state index contributed by atoms with van der Waals surface area (Å²) in [7, 11) is -1.85. The van der Waals surface area contributed by atoms with Crippen LogP contribution in [0.4, 0.5) is 5.69 Å². The number of benzene rings is 1. The Morgan fingerprint density at radius 1 is 1.07 bits per heavy atom. The molecule has 1 aliphatic rings. The number of piperidine rings is 1. The number of anilines is 1. The van der Waals surface area contributed by atoms with Crippen LogP contribution >= 0.6 is 0 Å². The van der Waals surface area contributed by atoms with Gasteiger partial charge >= 0.3 is 0 Å². The van der Waals surface area contributed by atoms with Crippen LogP contribution in [0.2, 0.25) is 0 Å². The van der Waals surface area contributed by atoms with E-state index in [2.05, 4.69) is 5.32 Å². The van der Waals surface area contributed by atoms with E-state index in [0.29, 0.717) is 31.9 Å². The molecule has 0 saturated carbocycles. The van der Waals surface area contributed by atoms with Crippen molar-refractivity contribution in [3.05, 3.63) is 24.3 Å². The van der Waals surface area contributed by atoms with Crippen LogP contribution in [0.1, 0.15) is 33.1 Å². The zero-order valence-electron chi connectivity index (χ0n) is 17.6. The second-order valence-corrected chi connectivity index (χ2v) is 9.22. The molecule has 2 amide bonds. The van der Waals surface area contributed by atoms with Crippen molar-refractivity contribution < 1.29 is 18.0 Å². The summed E-state index contributed by atoms with van der Waals surface area (Å²) in [6, 6.07) is 6.32. The smallest absolute Gasteiger partial charge is 0.243 e. The normalized spacial score (nSPS) is 15.3. The number of likely N-dealkylation sites (N-methyl/N-ethyl adjacent to an activating group) is 2. The summed E-state index contributed by atoms with van der Waals surface area (Å²) in [5, 5.41) is 2.73. The second-order valence-electron chi connectivity index (χ2n) is 7.28. The zero-order chi connectivity index (χ0) is 21.4. The lowest BCUT2D eigenvalue weighted by Gasteiger charge is -2.26. The van der Waals surface area contributed by atoms with Crippen LogP contribution in [0.25, 0.3) is 0 Å². The predicted octanol–water partition coefficient (Wildman–Crippen LogP) is 1.60. The molecule has 0 bridgehead atoms. The molecule has 1 heterocycles. The van der Waals surface area contributed by atoms with Gasteiger partial charge in [-0.3, -0.25) is 14.5 Å². The molecule has 9 heteroatoms. The molecule has 1 aromatic rings. The van der Waals surface area contributed by atoms with Crippen LogP contribution in [0.3, 0.4) is 0 Å². The Bertz CT molecular complexity index is 802. The summed E-state index contributed by atoms with van der Waals surface area (Å²) in [6.07, 6.45) is 2.79. The Morgan fingerprint density at radius 2 is 1.72 bits per heavy atom. The van der Waals surface area contributed by atoms with Gasteiger partial charge in [-0.05, 0) is 51.9 Å². The Kier molecular flexibility index (Phi) is 8.60. The van der Waals surface area contributed by atoms with Gasteiger partial charge in [-0.15, -0.1) is 0 Å². The van der Waals surface area contributed by atoms with Gasteiger partial charge in [0, 0.05) is 31.9 Å². The maximum absolute atomic E-state index is 12.8. The molecule has 0 radical (unpaired) electrons. The maximum atomic E-state index is 12.8. The molecule has 0 aliphatic carbocycles. The van der Waals surface area contributed by atoms with E-state index >= 15 is 0 Å². The maximum Gasteiger partial charge on any atom is 0.243 e. The van der Waals surface area contributed by atoms with Crippen LogP contribution in [-0.2, 0) is 19.6 Å². The highest BCUT2D eigenvalue weighted by Gasteiger charge is 2.26. The minimum absolute atomic E-state index is 0.0278. The Balaban J connectivity index is 1.97. The van der Waals surface area contributed by atoms with Crippen molar-refractivity contribution in [3.8, 4) is 0 Å². The largest absolute Gasteiger partial charge is 0.342 e. The highest BCUT2D eigenvalue weighted by molar-refractivity contribution is 7.89. The molecule has 0 spiro atoms. The topological polar surface area (TPSA) is 90.0 Å². The number of hydrogen-bond acceptors (Lipinski definition) is 5. The van der Waals surface area contributed by atoms with E-state index in [1.54, 1.807) is 35.0 Å². The van der Waals surface area contributed by atoms with Crippen LogP contribution in [0.15, 0.2) is 29.2 Å². The van der Waals surface area contributed by atoms with E-state index in [1.807, 2.05) is 13.8 Å². The number of amides is 2. The molecule has 29 heavy (non-hydrogen) atoms. The Labute approximate surface area is 173 Å². The van der Waals surface area contributed by atoms with E-state index in [4.69, 9.17) is 0 Å². The average Bonchev–Trinajstić information content (AvgIpc) is 2.69. The highest BCUT2D eigenvalue weighted by Crippen LogP contribution is 2.22. The van der Waals surface area contributed by atoms with Crippen molar-refractivity contribution in [2.75, 3.05) is 51.6 Å². The molecule has 1 aromatic carbocycles. The van der Waals surface area contributed by atoms with Crippen molar-refractivity contribution in [1.29, 1.82) is 0 Å². The molecular weight excluding hydrogens is 392 g/mol. The SMILES string of the molecule is CCN(CC)C(=O)CN(C)CC(=O)Nc1cccc(S(=O)(=O)N2CCCCC2)c1. The minimum Gasteiger partial charge on any atom is -0.342 e. The number of carbonyl (C=O) groups is 2. The first-order valence-corrected chi connectivity index (χ1v) is 11.6. The first-order valence-electron chi connectivity index (χ1n) is 10.1. The summed E-state index contributed by atoms with van der Waals surface area (Å²) in [6.45, 7) is 6.35.